The number of carbonyl (C=O) groups is 1. The van der Waals surface area contributed by atoms with Crippen molar-refractivity contribution in [3.8, 4) is 0 Å². The lowest BCUT2D eigenvalue weighted by Gasteiger charge is -2.26. The summed E-state index contributed by atoms with van der Waals surface area (Å²) in [4.78, 5) is 12.9. The maximum Gasteiger partial charge on any atom is 0.409 e. The predicted molar refractivity (Wildman–Crippen MR) is 47.0 cm³/mol. The van der Waals surface area contributed by atoms with Gasteiger partial charge in [-0.25, -0.2) is 4.79 Å². The molecule has 1 heterocycles. The van der Waals surface area contributed by atoms with E-state index < -0.39 is 0 Å². The minimum atomic E-state index is -0.190. The van der Waals surface area contributed by atoms with Gasteiger partial charge in [0.2, 0.25) is 0 Å². The van der Waals surface area contributed by atoms with Crippen LogP contribution in [0.3, 0.4) is 0 Å². The summed E-state index contributed by atoms with van der Waals surface area (Å²) in [6.07, 6.45) is 1.64. The molecule has 1 fully saturated rings. The maximum atomic E-state index is 11.2. The van der Waals surface area contributed by atoms with Crippen molar-refractivity contribution >= 4 is 6.09 Å². The monoisotopic (exact) mass is 169 g/mol. The van der Waals surface area contributed by atoms with E-state index in [-0.39, 0.29) is 6.09 Å². The van der Waals surface area contributed by atoms with E-state index in [0.717, 1.165) is 25.9 Å². The zero-order chi connectivity index (χ0) is 8.97. The number of rotatable bonds is 1. The van der Waals surface area contributed by atoms with Crippen LogP contribution in [0.2, 0.25) is 0 Å². The Labute approximate surface area is 73.0 Å². The molecule has 1 saturated heterocycles. The number of amides is 1. The van der Waals surface area contributed by atoms with Crippen LogP contribution in [0, 0.1) is 0 Å². The molecule has 12 heavy (non-hydrogen) atoms. The average molecular weight is 169 g/mol. The first-order valence-corrected chi connectivity index (χ1v) is 4.32. The lowest BCUT2D eigenvalue weighted by Crippen LogP contribution is -2.36. The lowest BCUT2D eigenvalue weighted by atomic mass is 10.1. The first-order valence-electron chi connectivity index (χ1n) is 4.32. The Morgan fingerprint density at radius 2 is 2.17 bits per heavy atom. The fourth-order valence-corrected chi connectivity index (χ4v) is 1.22. The van der Waals surface area contributed by atoms with Gasteiger partial charge in [-0.05, 0) is 19.8 Å². The molecule has 0 unspecified atom stereocenters. The van der Waals surface area contributed by atoms with Crippen molar-refractivity contribution < 1.29 is 9.53 Å². The number of carbonyl (C=O) groups excluding carboxylic acids is 1. The number of ether oxygens (including phenoxy) is 1. The quantitative estimate of drug-likeness (QED) is 0.560. The van der Waals surface area contributed by atoms with Gasteiger partial charge in [0.1, 0.15) is 0 Å². The molecule has 0 aromatic carbocycles. The smallest absolute Gasteiger partial charge is 0.409 e. The van der Waals surface area contributed by atoms with E-state index in [1.54, 1.807) is 4.90 Å². The molecule has 68 valence electrons. The van der Waals surface area contributed by atoms with Crippen LogP contribution < -0.4 is 0 Å². The Hall–Kier alpha value is -0.990. The second-order valence-corrected chi connectivity index (χ2v) is 2.94. The molecular formula is C9H15NO2. The van der Waals surface area contributed by atoms with E-state index in [9.17, 15) is 4.79 Å². The molecule has 0 N–H and O–H groups in total. The molecular weight excluding hydrogens is 154 g/mol. The molecule has 1 aliphatic heterocycles. The SMILES string of the molecule is C=C1CCN(C(=O)OCC)CC1. The van der Waals surface area contributed by atoms with Crippen molar-refractivity contribution in [3.05, 3.63) is 12.2 Å². The van der Waals surface area contributed by atoms with Crippen LogP contribution >= 0.6 is 0 Å². The average Bonchev–Trinajstić information content (AvgIpc) is 2.06. The zero-order valence-corrected chi connectivity index (χ0v) is 7.51. The Kier molecular flexibility index (Phi) is 3.14. The predicted octanol–water partition coefficient (Wildman–Crippen LogP) is 1.79. The number of nitrogens with zero attached hydrogens (tertiary/aromatic N) is 1. The highest BCUT2D eigenvalue weighted by Crippen LogP contribution is 2.14. The Bertz CT molecular complexity index is 179. The largest absolute Gasteiger partial charge is 0.450 e. The fourth-order valence-electron chi connectivity index (χ4n) is 1.22. The number of hydrogen-bond acceptors (Lipinski definition) is 2. The van der Waals surface area contributed by atoms with Gasteiger partial charge in [-0.1, -0.05) is 12.2 Å². The van der Waals surface area contributed by atoms with E-state index in [1.807, 2.05) is 6.92 Å². The van der Waals surface area contributed by atoms with Gasteiger partial charge in [-0.2, -0.15) is 0 Å². The van der Waals surface area contributed by atoms with Gasteiger partial charge >= 0.3 is 6.09 Å². The third-order valence-electron chi connectivity index (χ3n) is 2.00. The maximum absolute atomic E-state index is 11.2. The number of hydrogen-bond donors (Lipinski definition) is 0. The zero-order valence-electron chi connectivity index (χ0n) is 7.51. The topological polar surface area (TPSA) is 29.5 Å². The van der Waals surface area contributed by atoms with Gasteiger partial charge in [0, 0.05) is 13.1 Å². The molecule has 3 heteroatoms. The molecule has 1 amide bonds. The van der Waals surface area contributed by atoms with Crippen LogP contribution in [0.5, 0.6) is 0 Å². The summed E-state index contributed by atoms with van der Waals surface area (Å²) in [6, 6.07) is 0. The first-order chi connectivity index (χ1) is 5.74. The summed E-state index contributed by atoms with van der Waals surface area (Å²) in [6.45, 7) is 7.67. The second-order valence-electron chi connectivity index (χ2n) is 2.94. The van der Waals surface area contributed by atoms with Crippen LogP contribution in [0.15, 0.2) is 12.2 Å². The molecule has 0 bridgehead atoms. The fraction of sp³-hybridized carbons (Fsp3) is 0.667. The summed E-state index contributed by atoms with van der Waals surface area (Å²) in [7, 11) is 0. The minimum Gasteiger partial charge on any atom is -0.450 e. The van der Waals surface area contributed by atoms with Crippen molar-refractivity contribution in [3.63, 3.8) is 0 Å². The lowest BCUT2D eigenvalue weighted by molar-refractivity contribution is 0.104. The summed E-state index contributed by atoms with van der Waals surface area (Å²) < 4.78 is 4.87. The minimum absolute atomic E-state index is 0.190. The van der Waals surface area contributed by atoms with Crippen LogP contribution in [0.4, 0.5) is 4.79 Å². The number of piperidine rings is 1. The van der Waals surface area contributed by atoms with Crippen LogP contribution in [-0.4, -0.2) is 30.7 Å². The summed E-state index contributed by atoms with van der Waals surface area (Å²) in [5, 5.41) is 0. The van der Waals surface area contributed by atoms with Crippen molar-refractivity contribution in [2.24, 2.45) is 0 Å². The van der Waals surface area contributed by atoms with Gasteiger partial charge < -0.3 is 9.64 Å². The Morgan fingerprint density at radius 3 is 2.67 bits per heavy atom. The summed E-state index contributed by atoms with van der Waals surface area (Å²) in [5.74, 6) is 0. The Morgan fingerprint density at radius 1 is 1.58 bits per heavy atom. The number of likely N-dealkylation sites (tertiary alicyclic amines) is 1. The van der Waals surface area contributed by atoms with Gasteiger partial charge in [0.15, 0.2) is 0 Å². The highest BCUT2D eigenvalue weighted by molar-refractivity contribution is 5.67. The van der Waals surface area contributed by atoms with E-state index in [0.29, 0.717) is 6.61 Å². The first kappa shape index (κ1) is 9.10. The van der Waals surface area contributed by atoms with Gasteiger partial charge in [-0.15, -0.1) is 0 Å². The van der Waals surface area contributed by atoms with Crippen LogP contribution in [-0.2, 0) is 4.74 Å². The Balaban J connectivity index is 2.33. The van der Waals surface area contributed by atoms with Crippen LogP contribution in [0.1, 0.15) is 19.8 Å². The molecule has 1 aliphatic rings. The highest BCUT2D eigenvalue weighted by Gasteiger charge is 2.18. The van der Waals surface area contributed by atoms with Gasteiger partial charge in [-0.3, -0.25) is 0 Å². The third kappa shape index (κ3) is 2.26. The second kappa shape index (κ2) is 4.14. The van der Waals surface area contributed by atoms with E-state index in [1.165, 1.54) is 5.57 Å². The molecule has 0 aromatic rings. The van der Waals surface area contributed by atoms with Gasteiger partial charge in [0.05, 0.1) is 6.61 Å². The molecule has 0 atom stereocenters. The van der Waals surface area contributed by atoms with E-state index in [2.05, 4.69) is 6.58 Å². The summed E-state index contributed by atoms with van der Waals surface area (Å²) in [5.41, 5.74) is 1.23. The van der Waals surface area contributed by atoms with Crippen molar-refractivity contribution in [2.75, 3.05) is 19.7 Å². The molecule has 0 radical (unpaired) electrons. The molecule has 0 aliphatic carbocycles. The molecule has 0 aromatic heterocycles. The standard InChI is InChI=1S/C9H15NO2/c1-3-12-9(11)10-6-4-8(2)5-7-10/h2-7H2,1H3. The van der Waals surface area contributed by atoms with Crippen molar-refractivity contribution in [2.45, 2.75) is 19.8 Å². The van der Waals surface area contributed by atoms with E-state index in [4.69, 9.17) is 4.74 Å². The molecule has 0 saturated carbocycles. The third-order valence-corrected chi connectivity index (χ3v) is 2.00. The molecule has 1 rings (SSSR count). The molecule has 3 nitrogen and oxygen atoms in total. The van der Waals surface area contributed by atoms with Crippen molar-refractivity contribution in [1.29, 1.82) is 0 Å². The highest BCUT2D eigenvalue weighted by atomic mass is 16.6. The van der Waals surface area contributed by atoms with Crippen molar-refractivity contribution in [1.82, 2.24) is 4.90 Å². The van der Waals surface area contributed by atoms with Gasteiger partial charge in [0.25, 0.3) is 0 Å². The van der Waals surface area contributed by atoms with E-state index >= 15 is 0 Å². The summed E-state index contributed by atoms with van der Waals surface area (Å²) >= 11 is 0. The molecule has 0 spiro atoms. The normalized spacial score (nSPS) is 17.8. The van der Waals surface area contributed by atoms with Crippen LogP contribution in [0.25, 0.3) is 0 Å².